The molecule has 5 heteroatoms. The van der Waals surface area contributed by atoms with Gasteiger partial charge in [-0.1, -0.05) is 45.9 Å². The fraction of sp³-hybridized carbons (Fsp3) is 0.520. The Balaban J connectivity index is 1.96. The van der Waals surface area contributed by atoms with Gasteiger partial charge in [-0.05, 0) is 61.7 Å². The van der Waals surface area contributed by atoms with E-state index >= 15 is 0 Å². The molecule has 0 radical (unpaired) electrons. The molecule has 0 aromatic heterocycles. The van der Waals surface area contributed by atoms with Gasteiger partial charge >= 0.3 is 11.9 Å². The Bertz CT molecular complexity index is 926. The maximum Gasteiger partial charge on any atom is 0.313 e. The van der Waals surface area contributed by atoms with E-state index in [0.717, 1.165) is 29.3 Å². The quantitative estimate of drug-likeness (QED) is 0.479. The molecule has 2 aromatic carbocycles. The fourth-order valence-corrected chi connectivity index (χ4v) is 3.66. The van der Waals surface area contributed by atoms with Crippen LogP contribution in [0.25, 0.3) is 10.8 Å². The molecular weight excluding hydrogens is 378 g/mol. The number of aryl methyl sites for hydroxylation is 1. The summed E-state index contributed by atoms with van der Waals surface area (Å²) in [4.78, 5) is 27.1. The number of esters is 2. The summed E-state index contributed by atoms with van der Waals surface area (Å²) in [5.41, 5.74) is 2.07. The van der Waals surface area contributed by atoms with E-state index in [1.807, 2.05) is 6.92 Å². The second-order valence-electron chi connectivity index (χ2n) is 8.83. The zero-order chi connectivity index (χ0) is 21.8. The Morgan fingerprint density at radius 2 is 1.60 bits per heavy atom. The van der Waals surface area contributed by atoms with E-state index in [1.165, 1.54) is 31.5 Å². The lowest BCUT2D eigenvalue weighted by molar-refractivity contribution is -0.140. The minimum Gasteiger partial charge on any atom is -0.422 e. The minimum absolute atomic E-state index is 0.275. The lowest BCUT2D eigenvalue weighted by atomic mass is 9.99. The van der Waals surface area contributed by atoms with Gasteiger partial charge in [-0.15, -0.1) is 0 Å². The molecule has 1 aliphatic heterocycles. The second-order valence-corrected chi connectivity index (χ2v) is 8.83. The molecule has 1 heterocycles. The first kappa shape index (κ1) is 22.3. The highest BCUT2D eigenvalue weighted by Gasteiger charge is 2.22. The smallest absolute Gasteiger partial charge is 0.313 e. The molecule has 30 heavy (non-hydrogen) atoms. The molecule has 0 N–H and O–H groups in total. The molecule has 1 saturated heterocycles. The number of carbonyl (C=O) groups is 2. The summed E-state index contributed by atoms with van der Waals surface area (Å²) in [7, 11) is 0. The van der Waals surface area contributed by atoms with Crippen LogP contribution in [0, 0.1) is 18.8 Å². The maximum atomic E-state index is 12.3. The highest BCUT2D eigenvalue weighted by Crippen LogP contribution is 2.38. The van der Waals surface area contributed by atoms with E-state index < -0.39 is 0 Å². The Morgan fingerprint density at radius 3 is 2.23 bits per heavy atom. The third kappa shape index (κ3) is 5.20. The van der Waals surface area contributed by atoms with Crippen LogP contribution in [0.15, 0.2) is 24.3 Å². The van der Waals surface area contributed by atoms with Gasteiger partial charge in [0.2, 0.25) is 0 Å². The number of hydrogen-bond donors (Lipinski definition) is 0. The van der Waals surface area contributed by atoms with E-state index in [0.29, 0.717) is 11.5 Å². The number of benzene rings is 2. The van der Waals surface area contributed by atoms with Crippen LogP contribution >= 0.6 is 0 Å². The summed E-state index contributed by atoms with van der Waals surface area (Å²) < 4.78 is 11.3. The third-order valence-corrected chi connectivity index (χ3v) is 5.64. The van der Waals surface area contributed by atoms with Crippen molar-refractivity contribution in [1.29, 1.82) is 0 Å². The molecule has 5 nitrogen and oxygen atoms in total. The predicted octanol–water partition coefficient (Wildman–Crippen LogP) is 4.91. The number of nitrogens with zero attached hydrogens (tertiary/aromatic N) is 1. The van der Waals surface area contributed by atoms with Crippen molar-refractivity contribution in [2.45, 2.75) is 53.9 Å². The Morgan fingerprint density at radius 1 is 0.967 bits per heavy atom. The second kappa shape index (κ2) is 9.61. The molecule has 0 aliphatic carbocycles. The molecule has 0 saturated carbocycles. The lowest BCUT2D eigenvalue weighted by Gasteiger charge is -2.18. The van der Waals surface area contributed by atoms with Gasteiger partial charge in [0.05, 0.1) is 11.8 Å². The molecule has 0 amide bonds. The summed E-state index contributed by atoms with van der Waals surface area (Å²) in [6.07, 6.45) is 3.57. The van der Waals surface area contributed by atoms with Gasteiger partial charge in [0.1, 0.15) is 0 Å². The number of likely N-dealkylation sites (tertiary alicyclic amines) is 1. The van der Waals surface area contributed by atoms with Crippen LogP contribution in [0.5, 0.6) is 11.5 Å². The summed E-state index contributed by atoms with van der Waals surface area (Å²) in [5, 5.41) is 1.98. The van der Waals surface area contributed by atoms with E-state index in [2.05, 4.69) is 23.1 Å². The van der Waals surface area contributed by atoms with Crippen LogP contribution < -0.4 is 9.47 Å². The summed E-state index contributed by atoms with van der Waals surface area (Å²) >= 11 is 0. The summed E-state index contributed by atoms with van der Waals surface area (Å²) in [5.74, 6) is -0.602. The van der Waals surface area contributed by atoms with Crippen molar-refractivity contribution in [2.75, 3.05) is 19.6 Å². The Labute approximate surface area is 179 Å². The average Bonchev–Trinajstić information content (AvgIpc) is 3.22. The predicted molar refractivity (Wildman–Crippen MR) is 119 cm³/mol. The molecular formula is C25H33NO4. The van der Waals surface area contributed by atoms with Crippen LogP contribution in [-0.4, -0.2) is 36.5 Å². The number of rotatable bonds is 7. The normalized spacial score (nSPS) is 14.6. The molecule has 0 spiro atoms. The van der Waals surface area contributed by atoms with Crippen molar-refractivity contribution in [3.63, 3.8) is 0 Å². The first-order valence-electron chi connectivity index (χ1n) is 11.0. The highest BCUT2D eigenvalue weighted by atomic mass is 16.6. The first-order valence-corrected chi connectivity index (χ1v) is 11.0. The Kier molecular flexibility index (Phi) is 7.14. The number of carbonyl (C=O) groups excluding carboxylic acids is 2. The van der Waals surface area contributed by atoms with Crippen LogP contribution in [0.2, 0.25) is 0 Å². The SMILES string of the molecule is Cc1c(OC(=O)C(C)C)c(OC(=O)C(C)C)cc2ccc(CCN3CCCC3)cc12. The van der Waals surface area contributed by atoms with Gasteiger partial charge in [0.25, 0.3) is 0 Å². The molecule has 162 valence electrons. The molecule has 2 aromatic rings. The number of hydrogen-bond acceptors (Lipinski definition) is 5. The van der Waals surface area contributed by atoms with Crippen LogP contribution in [0.3, 0.4) is 0 Å². The van der Waals surface area contributed by atoms with Crippen molar-refractivity contribution in [3.8, 4) is 11.5 Å². The van der Waals surface area contributed by atoms with Gasteiger partial charge in [0.15, 0.2) is 11.5 Å². The van der Waals surface area contributed by atoms with E-state index in [4.69, 9.17) is 9.47 Å². The largest absolute Gasteiger partial charge is 0.422 e. The van der Waals surface area contributed by atoms with Gasteiger partial charge in [-0.2, -0.15) is 0 Å². The van der Waals surface area contributed by atoms with E-state index in [-0.39, 0.29) is 23.8 Å². The third-order valence-electron chi connectivity index (χ3n) is 5.64. The van der Waals surface area contributed by atoms with Gasteiger partial charge in [-0.25, -0.2) is 0 Å². The molecule has 0 atom stereocenters. The molecule has 1 aliphatic rings. The maximum absolute atomic E-state index is 12.3. The number of ether oxygens (including phenoxy) is 2. The van der Waals surface area contributed by atoms with Crippen molar-refractivity contribution in [2.24, 2.45) is 11.8 Å². The van der Waals surface area contributed by atoms with Gasteiger partial charge in [0, 0.05) is 12.1 Å². The molecule has 3 rings (SSSR count). The van der Waals surface area contributed by atoms with Gasteiger partial charge in [-0.3, -0.25) is 9.59 Å². The summed E-state index contributed by atoms with van der Waals surface area (Å²) in [6, 6.07) is 8.16. The zero-order valence-electron chi connectivity index (χ0n) is 18.8. The first-order chi connectivity index (χ1) is 14.3. The van der Waals surface area contributed by atoms with Crippen molar-refractivity contribution < 1.29 is 19.1 Å². The molecule has 0 bridgehead atoms. The fourth-order valence-electron chi connectivity index (χ4n) is 3.66. The summed E-state index contributed by atoms with van der Waals surface area (Å²) in [6.45, 7) is 12.5. The van der Waals surface area contributed by atoms with Crippen LogP contribution in [0.1, 0.15) is 51.7 Å². The van der Waals surface area contributed by atoms with Crippen LogP contribution in [-0.2, 0) is 16.0 Å². The molecule has 1 fully saturated rings. The van der Waals surface area contributed by atoms with Crippen molar-refractivity contribution >= 4 is 22.7 Å². The van der Waals surface area contributed by atoms with E-state index in [1.54, 1.807) is 33.8 Å². The van der Waals surface area contributed by atoms with Crippen molar-refractivity contribution in [3.05, 3.63) is 35.4 Å². The van der Waals surface area contributed by atoms with Crippen molar-refractivity contribution in [1.82, 2.24) is 4.90 Å². The van der Waals surface area contributed by atoms with Crippen LogP contribution in [0.4, 0.5) is 0 Å². The minimum atomic E-state index is -0.349. The number of fused-ring (bicyclic) bond motifs is 1. The standard InChI is InChI=1S/C25H33NO4/c1-16(2)24(27)29-22-15-20-9-8-19(10-13-26-11-6-7-12-26)14-21(20)18(5)23(22)30-25(28)17(3)4/h8-9,14-17H,6-7,10-13H2,1-5H3. The average molecular weight is 412 g/mol. The monoisotopic (exact) mass is 411 g/mol. The Hall–Kier alpha value is -2.40. The lowest BCUT2D eigenvalue weighted by Crippen LogP contribution is -2.21. The molecule has 0 unspecified atom stereocenters. The zero-order valence-corrected chi connectivity index (χ0v) is 18.8. The topological polar surface area (TPSA) is 55.8 Å². The highest BCUT2D eigenvalue weighted by molar-refractivity contribution is 5.92. The van der Waals surface area contributed by atoms with E-state index in [9.17, 15) is 9.59 Å². The van der Waals surface area contributed by atoms with Gasteiger partial charge < -0.3 is 14.4 Å².